The summed E-state index contributed by atoms with van der Waals surface area (Å²) in [7, 11) is 0. The van der Waals surface area contributed by atoms with Crippen LogP contribution >= 0.6 is 0 Å². The Morgan fingerprint density at radius 2 is 2.00 bits per heavy atom. The van der Waals surface area contributed by atoms with Crippen molar-refractivity contribution in [2.75, 3.05) is 6.61 Å². The van der Waals surface area contributed by atoms with E-state index in [9.17, 15) is 0 Å². The molecule has 0 atom stereocenters. The summed E-state index contributed by atoms with van der Waals surface area (Å²) in [4.78, 5) is 0. The van der Waals surface area contributed by atoms with Crippen molar-refractivity contribution in [2.24, 2.45) is 5.16 Å². The first kappa shape index (κ1) is 15.0. The van der Waals surface area contributed by atoms with Crippen LogP contribution in [0.3, 0.4) is 0 Å². The maximum atomic E-state index is 9.03. The normalized spacial score (nSPS) is 13.5. The van der Waals surface area contributed by atoms with Crippen LogP contribution in [-0.2, 0) is 6.61 Å². The van der Waals surface area contributed by atoms with Crippen LogP contribution < -0.4 is 14.2 Å². The van der Waals surface area contributed by atoms with Crippen LogP contribution in [0, 0.1) is 0 Å². The van der Waals surface area contributed by atoms with Gasteiger partial charge in [-0.05, 0) is 30.7 Å². The van der Waals surface area contributed by atoms with E-state index in [2.05, 4.69) is 5.16 Å². The molecule has 0 radical (unpaired) electrons. The fourth-order valence-corrected chi connectivity index (χ4v) is 2.27. The van der Waals surface area contributed by atoms with Crippen LogP contribution in [0.2, 0.25) is 0 Å². The van der Waals surface area contributed by atoms with Crippen molar-refractivity contribution in [3.05, 3.63) is 65.9 Å². The number of benzene rings is 2. The molecule has 23 heavy (non-hydrogen) atoms. The van der Waals surface area contributed by atoms with Crippen LogP contribution in [0.25, 0.3) is 0 Å². The minimum atomic E-state index is 0.376. The fraction of sp³-hybridized carbons (Fsp3) is 0.167. The number of rotatable bonds is 4. The van der Waals surface area contributed by atoms with E-state index >= 15 is 0 Å². The molecule has 5 heteroatoms. The second kappa shape index (κ2) is 6.87. The van der Waals surface area contributed by atoms with Crippen molar-refractivity contribution in [1.82, 2.24) is 0 Å². The standard InChI is InChI=1S/C18H17NO4/c1-13(19-20)15-8-9-16(18-17(15)21-10-5-11-22-18)23-12-14-6-3-2-4-7-14/h2-9,11,20H,10,12H2,1H3. The van der Waals surface area contributed by atoms with Gasteiger partial charge in [0.2, 0.25) is 5.75 Å². The zero-order chi connectivity index (χ0) is 16.1. The van der Waals surface area contributed by atoms with Gasteiger partial charge in [-0.1, -0.05) is 35.5 Å². The molecular formula is C18H17NO4. The molecule has 0 amide bonds. The third kappa shape index (κ3) is 3.29. The Balaban J connectivity index is 1.93. The van der Waals surface area contributed by atoms with Gasteiger partial charge in [0.05, 0.1) is 12.0 Å². The van der Waals surface area contributed by atoms with Crippen molar-refractivity contribution < 1.29 is 19.4 Å². The molecule has 2 aromatic carbocycles. The highest BCUT2D eigenvalue weighted by Gasteiger charge is 2.20. The first-order valence-corrected chi connectivity index (χ1v) is 7.27. The van der Waals surface area contributed by atoms with Gasteiger partial charge in [0.15, 0.2) is 11.5 Å². The van der Waals surface area contributed by atoms with E-state index in [0.29, 0.717) is 41.7 Å². The molecule has 1 aliphatic heterocycles. The van der Waals surface area contributed by atoms with Crippen LogP contribution in [-0.4, -0.2) is 17.5 Å². The molecule has 0 fully saturated rings. The van der Waals surface area contributed by atoms with Gasteiger partial charge >= 0.3 is 0 Å². The Bertz CT molecular complexity index is 738. The van der Waals surface area contributed by atoms with E-state index in [1.165, 1.54) is 0 Å². The first-order valence-electron chi connectivity index (χ1n) is 7.27. The molecule has 0 aromatic heterocycles. The number of ether oxygens (including phenoxy) is 3. The predicted octanol–water partition coefficient (Wildman–Crippen LogP) is 3.75. The third-order valence-electron chi connectivity index (χ3n) is 3.46. The van der Waals surface area contributed by atoms with Gasteiger partial charge in [-0.3, -0.25) is 0 Å². The zero-order valence-electron chi connectivity index (χ0n) is 12.7. The molecule has 3 rings (SSSR count). The highest BCUT2D eigenvalue weighted by atomic mass is 16.5. The molecule has 1 aliphatic rings. The van der Waals surface area contributed by atoms with Crippen molar-refractivity contribution in [3.8, 4) is 17.2 Å². The summed E-state index contributed by atoms with van der Waals surface area (Å²) in [6.07, 6.45) is 3.33. The summed E-state index contributed by atoms with van der Waals surface area (Å²) >= 11 is 0. The van der Waals surface area contributed by atoms with Gasteiger partial charge < -0.3 is 19.4 Å². The number of fused-ring (bicyclic) bond motifs is 1. The lowest BCUT2D eigenvalue weighted by Crippen LogP contribution is -2.04. The molecule has 0 spiro atoms. The van der Waals surface area contributed by atoms with Crippen LogP contribution in [0.15, 0.2) is 60.0 Å². The molecule has 0 bridgehead atoms. The van der Waals surface area contributed by atoms with Gasteiger partial charge in [0.25, 0.3) is 0 Å². The van der Waals surface area contributed by atoms with E-state index in [-0.39, 0.29) is 0 Å². The molecule has 2 aromatic rings. The number of oxime groups is 1. The Morgan fingerprint density at radius 1 is 1.17 bits per heavy atom. The highest BCUT2D eigenvalue weighted by Crippen LogP contribution is 2.42. The largest absolute Gasteiger partial charge is 0.485 e. The molecule has 1 N–H and O–H groups in total. The van der Waals surface area contributed by atoms with Gasteiger partial charge in [-0.15, -0.1) is 0 Å². The summed E-state index contributed by atoms with van der Waals surface area (Å²) in [5, 5.41) is 12.3. The summed E-state index contributed by atoms with van der Waals surface area (Å²) in [5.74, 6) is 1.57. The van der Waals surface area contributed by atoms with Crippen molar-refractivity contribution in [3.63, 3.8) is 0 Å². The Hall–Kier alpha value is -2.95. The van der Waals surface area contributed by atoms with Gasteiger partial charge in [-0.2, -0.15) is 0 Å². The summed E-state index contributed by atoms with van der Waals surface area (Å²) in [6, 6.07) is 13.5. The monoisotopic (exact) mass is 311 g/mol. The Kier molecular flexibility index (Phi) is 4.47. The van der Waals surface area contributed by atoms with Crippen LogP contribution in [0.4, 0.5) is 0 Å². The molecule has 0 aliphatic carbocycles. The first-order chi connectivity index (χ1) is 11.3. The summed E-state index contributed by atoms with van der Waals surface area (Å²) in [6.45, 7) is 2.50. The van der Waals surface area contributed by atoms with Crippen molar-refractivity contribution >= 4 is 5.71 Å². The van der Waals surface area contributed by atoms with E-state index in [4.69, 9.17) is 19.4 Å². The average molecular weight is 311 g/mol. The number of hydrogen-bond donors (Lipinski definition) is 1. The molecule has 118 valence electrons. The minimum Gasteiger partial charge on any atom is -0.485 e. The molecule has 5 nitrogen and oxygen atoms in total. The van der Waals surface area contributed by atoms with Crippen LogP contribution in [0.5, 0.6) is 17.2 Å². The average Bonchev–Trinajstić information content (AvgIpc) is 2.86. The van der Waals surface area contributed by atoms with E-state index in [1.54, 1.807) is 31.4 Å². The molecule has 1 heterocycles. The lowest BCUT2D eigenvalue weighted by atomic mass is 10.1. The maximum Gasteiger partial charge on any atom is 0.210 e. The van der Waals surface area contributed by atoms with Crippen molar-refractivity contribution in [1.29, 1.82) is 0 Å². The van der Waals surface area contributed by atoms with Gasteiger partial charge in [-0.25, -0.2) is 0 Å². The topological polar surface area (TPSA) is 60.3 Å². The second-order valence-electron chi connectivity index (χ2n) is 5.03. The van der Waals surface area contributed by atoms with Gasteiger partial charge in [0.1, 0.15) is 13.2 Å². The molecule has 0 saturated heterocycles. The van der Waals surface area contributed by atoms with Crippen LogP contribution in [0.1, 0.15) is 18.1 Å². The van der Waals surface area contributed by atoms with Crippen molar-refractivity contribution in [2.45, 2.75) is 13.5 Å². The number of nitrogens with zero attached hydrogens (tertiary/aromatic N) is 1. The minimum absolute atomic E-state index is 0.376. The van der Waals surface area contributed by atoms with E-state index in [1.807, 2.05) is 30.3 Å². The molecule has 0 unspecified atom stereocenters. The number of hydrogen-bond acceptors (Lipinski definition) is 5. The Labute approximate surface area is 134 Å². The second-order valence-corrected chi connectivity index (χ2v) is 5.03. The van der Waals surface area contributed by atoms with Gasteiger partial charge in [0, 0.05) is 5.56 Å². The fourth-order valence-electron chi connectivity index (χ4n) is 2.27. The SMILES string of the molecule is CC(=NO)c1ccc(OCc2ccccc2)c2c1OCC=CO2. The van der Waals surface area contributed by atoms with E-state index < -0.39 is 0 Å². The summed E-state index contributed by atoms with van der Waals surface area (Å²) < 4.78 is 17.2. The lowest BCUT2D eigenvalue weighted by Gasteiger charge is -2.16. The maximum absolute atomic E-state index is 9.03. The highest BCUT2D eigenvalue weighted by molar-refractivity contribution is 6.01. The molecular weight excluding hydrogens is 294 g/mol. The van der Waals surface area contributed by atoms with E-state index in [0.717, 1.165) is 5.56 Å². The Morgan fingerprint density at radius 3 is 2.78 bits per heavy atom. The quantitative estimate of drug-likeness (QED) is 0.531. The predicted molar refractivity (Wildman–Crippen MR) is 86.5 cm³/mol. The summed E-state index contributed by atoms with van der Waals surface area (Å²) in [5.41, 5.74) is 2.17. The third-order valence-corrected chi connectivity index (χ3v) is 3.46. The zero-order valence-corrected chi connectivity index (χ0v) is 12.7. The lowest BCUT2D eigenvalue weighted by molar-refractivity contribution is 0.284. The molecule has 0 saturated carbocycles. The smallest absolute Gasteiger partial charge is 0.210 e.